The Hall–Kier alpha value is -1.56. The second kappa shape index (κ2) is 7.81. The van der Waals surface area contributed by atoms with Gasteiger partial charge in [-0.25, -0.2) is 0 Å². The minimum absolute atomic E-state index is 0. The van der Waals surface area contributed by atoms with Crippen LogP contribution in [0.3, 0.4) is 0 Å². The summed E-state index contributed by atoms with van der Waals surface area (Å²) in [6, 6.07) is 9.31. The first-order chi connectivity index (χ1) is 10.7. The van der Waals surface area contributed by atoms with Crippen LogP contribution < -0.4 is 5.32 Å². The number of nitrogens with one attached hydrogen (secondary N) is 1. The van der Waals surface area contributed by atoms with Crippen LogP contribution in [0.15, 0.2) is 34.9 Å². The number of piperidine rings is 1. The molecule has 0 radical (unpaired) electrons. The summed E-state index contributed by atoms with van der Waals surface area (Å²) < 4.78 is 5.30. The fourth-order valence-corrected chi connectivity index (χ4v) is 2.90. The topological polar surface area (TPSA) is 58.4 Å². The van der Waals surface area contributed by atoms with Crippen LogP contribution in [0.1, 0.15) is 23.3 Å². The number of likely N-dealkylation sites (tertiary alicyclic amines) is 1. The molecular formula is C16H19Cl2N3O2. The fraction of sp³-hybridized carbons (Fsp3) is 0.375. The van der Waals surface area contributed by atoms with Gasteiger partial charge in [-0.15, -0.1) is 12.4 Å². The summed E-state index contributed by atoms with van der Waals surface area (Å²) in [6.45, 7) is 1.46. The normalized spacial score (nSPS) is 17.7. The molecule has 3 rings (SSSR count). The molecule has 1 aromatic carbocycles. The SMILES string of the molecule is CNC1CCCN(C(=O)c2cc(-c3cccc(Cl)c3)on2)C1.Cl. The van der Waals surface area contributed by atoms with E-state index in [1.807, 2.05) is 24.1 Å². The molecule has 2 aromatic rings. The highest BCUT2D eigenvalue weighted by Gasteiger charge is 2.25. The van der Waals surface area contributed by atoms with Gasteiger partial charge < -0.3 is 14.7 Å². The first kappa shape index (κ1) is 17.8. The molecule has 1 aliphatic heterocycles. The maximum Gasteiger partial charge on any atom is 0.276 e. The zero-order valence-corrected chi connectivity index (χ0v) is 14.4. The fourth-order valence-electron chi connectivity index (χ4n) is 2.71. The van der Waals surface area contributed by atoms with E-state index in [1.54, 1.807) is 18.2 Å². The highest BCUT2D eigenvalue weighted by Crippen LogP contribution is 2.24. The summed E-state index contributed by atoms with van der Waals surface area (Å²) in [6.07, 6.45) is 2.09. The zero-order valence-electron chi connectivity index (χ0n) is 12.8. The van der Waals surface area contributed by atoms with Crippen LogP contribution >= 0.6 is 24.0 Å². The lowest BCUT2D eigenvalue weighted by Gasteiger charge is -2.31. The van der Waals surface area contributed by atoms with Gasteiger partial charge in [0.2, 0.25) is 0 Å². The van der Waals surface area contributed by atoms with Gasteiger partial charge in [0, 0.05) is 35.8 Å². The Morgan fingerprint density at radius 1 is 1.43 bits per heavy atom. The molecule has 0 bridgehead atoms. The van der Waals surface area contributed by atoms with Crippen molar-refractivity contribution in [1.82, 2.24) is 15.4 Å². The number of hydrogen-bond acceptors (Lipinski definition) is 4. The second-order valence-corrected chi connectivity index (χ2v) is 5.90. The molecule has 1 atom stereocenters. The molecule has 1 saturated heterocycles. The number of rotatable bonds is 3. The van der Waals surface area contributed by atoms with Gasteiger partial charge in [-0.2, -0.15) is 0 Å². The van der Waals surface area contributed by atoms with E-state index < -0.39 is 0 Å². The molecule has 23 heavy (non-hydrogen) atoms. The number of likely N-dealkylation sites (N-methyl/N-ethyl adjacent to an activating group) is 1. The van der Waals surface area contributed by atoms with Crippen LogP contribution in [-0.4, -0.2) is 42.1 Å². The maximum absolute atomic E-state index is 12.5. The molecule has 1 fully saturated rings. The number of halogens is 2. The van der Waals surface area contributed by atoms with Crippen molar-refractivity contribution >= 4 is 29.9 Å². The van der Waals surface area contributed by atoms with Crippen LogP contribution in [-0.2, 0) is 0 Å². The van der Waals surface area contributed by atoms with Crippen LogP contribution in [0, 0.1) is 0 Å². The molecule has 124 valence electrons. The van der Waals surface area contributed by atoms with Crippen LogP contribution in [0.2, 0.25) is 5.02 Å². The van der Waals surface area contributed by atoms with Gasteiger partial charge in [0.25, 0.3) is 5.91 Å². The number of nitrogens with zero attached hydrogens (tertiary/aromatic N) is 2. The Bertz CT molecular complexity index is 675. The smallest absolute Gasteiger partial charge is 0.276 e. The van der Waals surface area contributed by atoms with E-state index in [1.165, 1.54) is 0 Å². The Kier molecular flexibility index (Phi) is 6.04. The summed E-state index contributed by atoms with van der Waals surface area (Å²) in [4.78, 5) is 14.3. The zero-order chi connectivity index (χ0) is 15.5. The summed E-state index contributed by atoms with van der Waals surface area (Å²) in [5.74, 6) is 0.463. The van der Waals surface area contributed by atoms with E-state index >= 15 is 0 Å². The van der Waals surface area contributed by atoms with Crippen molar-refractivity contribution in [3.8, 4) is 11.3 Å². The highest BCUT2D eigenvalue weighted by atomic mass is 35.5. The highest BCUT2D eigenvalue weighted by molar-refractivity contribution is 6.30. The van der Waals surface area contributed by atoms with Crippen molar-refractivity contribution in [1.29, 1.82) is 0 Å². The third-order valence-electron chi connectivity index (χ3n) is 3.96. The van der Waals surface area contributed by atoms with E-state index in [2.05, 4.69) is 10.5 Å². The molecule has 0 aliphatic carbocycles. The third-order valence-corrected chi connectivity index (χ3v) is 4.19. The molecule has 1 aromatic heterocycles. The molecule has 1 unspecified atom stereocenters. The number of benzene rings is 1. The van der Waals surface area contributed by atoms with Gasteiger partial charge in [0.1, 0.15) is 0 Å². The first-order valence-electron chi connectivity index (χ1n) is 7.36. The van der Waals surface area contributed by atoms with E-state index in [9.17, 15) is 4.79 Å². The van der Waals surface area contributed by atoms with Crippen molar-refractivity contribution in [3.05, 3.63) is 41.0 Å². The number of hydrogen-bond donors (Lipinski definition) is 1. The van der Waals surface area contributed by atoms with Crippen molar-refractivity contribution in [2.45, 2.75) is 18.9 Å². The number of aromatic nitrogens is 1. The van der Waals surface area contributed by atoms with Crippen LogP contribution in [0.4, 0.5) is 0 Å². The van der Waals surface area contributed by atoms with Crippen molar-refractivity contribution in [2.75, 3.05) is 20.1 Å². The quantitative estimate of drug-likeness (QED) is 0.917. The molecule has 0 saturated carbocycles. The van der Waals surface area contributed by atoms with Crippen molar-refractivity contribution in [2.24, 2.45) is 0 Å². The maximum atomic E-state index is 12.5. The third kappa shape index (κ3) is 4.05. The summed E-state index contributed by atoms with van der Waals surface area (Å²) in [7, 11) is 1.92. The predicted molar refractivity (Wildman–Crippen MR) is 92.2 cm³/mol. The lowest BCUT2D eigenvalue weighted by atomic mass is 10.1. The largest absolute Gasteiger partial charge is 0.355 e. The summed E-state index contributed by atoms with van der Waals surface area (Å²) in [5, 5.41) is 7.76. The lowest BCUT2D eigenvalue weighted by molar-refractivity contribution is 0.0688. The van der Waals surface area contributed by atoms with Gasteiger partial charge in [-0.1, -0.05) is 28.9 Å². The van der Waals surface area contributed by atoms with E-state index in [4.69, 9.17) is 16.1 Å². The van der Waals surface area contributed by atoms with Crippen molar-refractivity contribution in [3.63, 3.8) is 0 Å². The number of carbonyl (C=O) groups excluding carboxylic acids is 1. The molecule has 7 heteroatoms. The van der Waals surface area contributed by atoms with Gasteiger partial charge in [0.05, 0.1) is 0 Å². The minimum atomic E-state index is -0.0861. The minimum Gasteiger partial charge on any atom is -0.355 e. The average Bonchev–Trinajstić information content (AvgIpc) is 3.04. The monoisotopic (exact) mass is 355 g/mol. The molecular weight excluding hydrogens is 337 g/mol. The predicted octanol–water partition coefficient (Wildman–Crippen LogP) is 3.24. The van der Waals surface area contributed by atoms with Crippen LogP contribution in [0.5, 0.6) is 0 Å². The molecule has 0 spiro atoms. The Morgan fingerprint density at radius 2 is 2.26 bits per heavy atom. The summed E-state index contributed by atoms with van der Waals surface area (Å²) in [5.41, 5.74) is 1.15. The molecule has 1 N–H and O–H groups in total. The van der Waals surface area contributed by atoms with Crippen LogP contribution in [0.25, 0.3) is 11.3 Å². The Balaban J connectivity index is 0.00000192. The lowest BCUT2D eigenvalue weighted by Crippen LogP contribution is -2.47. The molecule has 1 aliphatic rings. The second-order valence-electron chi connectivity index (χ2n) is 5.47. The average molecular weight is 356 g/mol. The number of amides is 1. The molecule has 2 heterocycles. The summed E-state index contributed by atoms with van der Waals surface area (Å²) >= 11 is 5.97. The van der Waals surface area contributed by atoms with E-state index in [-0.39, 0.29) is 18.3 Å². The van der Waals surface area contributed by atoms with E-state index in [0.717, 1.165) is 24.9 Å². The van der Waals surface area contributed by atoms with Gasteiger partial charge in [0.15, 0.2) is 11.5 Å². The standard InChI is InChI=1S/C16H18ClN3O2.ClH/c1-18-13-6-3-7-20(10-13)16(21)14-9-15(22-19-14)11-4-2-5-12(17)8-11;/h2,4-5,8-9,13,18H,3,6-7,10H2,1H3;1H. The molecule has 1 amide bonds. The first-order valence-corrected chi connectivity index (χ1v) is 7.74. The van der Waals surface area contributed by atoms with E-state index in [0.29, 0.717) is 29.1 Å². The molecule has 5 nitrogen and oxygen atoms in total. The van der Waals surface area contributed by atoms with Gasteiger partial charge in [-0.3, -0.25) is 4.79 Å². The Morgan fingerprint density at radius 3 is 3.00 bits per heavy atom. The van der Waals surface area contributed by atoms with Gasteiger partial charge >= 0.3 is 0 Å². The van der Waals surface area contributed by atoms with Gasteiger partial charge in [-0.05, 0) is 32.0 Å². The van der Waals surface area contributed by atoms with Crippen molar-refractivity contribution < 1.29 is 9.32 Å². The number of carbonyl (C=O) groups is 1. The Labute approximate surface area is 146 Å².